The second-order valence-electron chi connectivity index (χ2n) is 14.9. The molecule has 0 saturated carbocycles. The molecule has 1 aliphatic rings. The molecule has 1 heteroatoms. The number of benzene rings is 8. The first-order valence-electron chi connectivity index (χ1n) is 17.5. The molecule has 1 aliphatic carbocycles. The largest absolute Gasteiger partial charge is 0.309 e. The summed E-state index contributed by atoms with van der Waals surface area (Å²) in [5.74, 6) is 0. The summed E-state index contributed by atoms with van der Waals surface area (Å²) in [6, 6.07) is 56.5. The topological polar surface area (TPSA) is 4.93 Å². The van der Waals surface area contributed by atoms with Crippen molar-refractivity contribution in [1.29, 1.82) is 0 Å². The van der Waals surface area contributed by atoms with Gasteiger partial charge in [-0.15, -0.1) is 0 Å². The molecule has 234 valence electrons. The molecule has 0 atom stereocenters. The molecule has 0 spiro atoms. The molecule has 0 N–H and O–H groups in total. The lowest BCUT2D eigenvalue weighted by molar-refractivity contribution is 0.301. The normalized spacial score (nSPS) is 14.9. The smallest absolute Gasteiger partial charge is 0.0541 e. The maximum Gasteiger partial charge on any atom is 0.0541 e. The number of aromatic nitrogens is 1. The van der Waals surface area contributed by atoms with Crippen LogP contribution < -0.4 is 0 Å². The van der Waals surface area contributed by atoms with Crippen LogP contribution in [0.2, 0.25) is 0 Å². The van der Waals surface area contributed by atoms with Gasteiger partial charge in [0.2, 0.25) is 0 Å². The average Bonchev–Trinajstić information content (AvgIpc) is 3.47. The highest BCUT2D eigenvalue weighted by molar-refractivity contribution is 6.20. The van der Waals surface area contributed by atoms with E-state index in [9.17, 15) is 0 Å². The summed E-state index contributed by atoms with van der Waals surface area (Å²) in [6.45, 7) is 9.81. The van der Waals surface area contributed by atoms with Gasteiger partial charge in [0, 0.05) is 21.9 Å². The Balaban J connectivity index is 1.22. The third kappa shape index (κ3) is 3.76. The van der Waals surface area contributed by atoms with Gasteiger partial charge in [0.05, 0.1) is 11.0 Å². The second kappa shape index (κ2) is 9.94. The van der Waals surface area contributed by atoms with E-state index in [2.05, 4.69) is 184 Å². The minimum Gasteiger partial charge on any atom is -0.309 e. The molecular formula is C48H37N. The summed E-state index contributed by atoms with van der Waals surface area (Å²) in [6.07, 6.45) is 0. The molecule has 8 aromatic carbocycles. The van der Waals surface area contributed by atoms with Crippen molar-refractivity contribution in [2.45, 2.75) is 38.5 Å². The number of hydrogen-bond donors (Lipinski definition) is 0. The van der Waals surface area contributed by atoms with Crippen LogP contribution in [-0.4, -0.2) is 4.57 Å². The first-order chi connectivity index (χ1) is 23.8. The molecule has 9 aromatic rings. The van der Waals surface area contributed by atoms with Crippen LogP contribution in [0.1, 0.15) is 38.8 Å². The van der Waals surface area contributed by atoms with Crippen LogP contribution in [-0.2, 0) is 10.8 Å². The predicted molar refractivity (Wildman–Crippen MR) is 210 cm³/mol. The number of para-hydroxylation sites is 2. The van der Waals surface area contributed by atoms with E-state index in [4.69, 9.17) is 0 Å². The van der Waals surface area contributed by atoms with Gasteiger partial charge in [-0.3, -0.25) is 0 Å². The molecule has 49 heavy (non-hydrogen) atoms. The average molecular weight is 628 g/mol. The Kier molecular flexibility index (Phi) is 5.75. The van der Waals surface area contributed by atoms with Crippen LogP contribution in [0.5, 0.6) is 0 Å². The molecule has 0 unspecified atom stereocenters. The zero-order valence-electron chi connectivity index (χ0n) is 28.4. The second-order valence-corrected chi connectivity index (χ2v) is 14.9. The van der Waals surface area contributed by atoms with E-state index in [1.54, 1.807) is 0 Å². The van der Waals surface area contributed by atoms with E-state index in [1.807, 2.05) is 0 Å². The molecule has 0 fully saturated rings. The highest BCUT2D eigenvalue weighted by Crippen LogP contribution is 2.58. The van der Waals surface area contributed by atoms with Crippen LogP contribution >= 0.6 is 0 Å². The maximum atomic E-state index is 2.46. The standard InChI is InChI=1S/C48H37N/c1-47(2)41-17-11-16-35(31-20-25-33(26-21-31)49-42-18-9-7-14-37(42)38-15-8-10-19-43(38)49)45(41)40-29-24-32-23-27-36-34-13-6-5-12-30(34)22-28-39(36)44(32)46(40)48(47,3)4/h5-29H,1-4H3. The number of fused-ring (bicyclic) bond motifs is 12. The fourth-order valence-corrected chi connectivity index (χ4v) is 9.02. The molecule has 1 nitrogen and oxygen atoms in total. The predicted octanol–water partition coefficient (Wildman–Crippen LogP) is 13.1. The molecule has 0 radical (unpaired) electrons. The first-order valence-corrected chi connectivity index (χ1v) is 17.5. The molecular weight excluding hydrogens is 591 g/mol. The summed E-state index contributed by atoms with van der Waals surface area (Å²) in [5, 5.41) is 10.5. The van der Waals surface area contributed by atoms with Gasteiger partial charge < -0.3 is 4.57 Å². The molecule has 10 rings (SSSR count). The van der Waals surface area contributed by atoms with Gasteiger partial charge in [0.1, 0.15) is 0 Å². The Morgan fingerprint density at radius 2 is 1.02 bits per heavy atom. The maximum absolute atomic E-state index is 2.46. The molecule has 0 aliphatic heterocycles. The van der Waals surface area contributed by atoms with E-state index in [0.29, 0.717) is 0 Å². The zero-order valence-corrected chi connectivity index (χ0v) is 28.4. The van der Waals surface area contributed by atoms with Crippen molar-refractivity contribution in [3.63, 3.8) is 0 Å². The Hall–Kier alpha value is -5.66. The van der Waals surface area contributed by atoms with Gasteiger partial charge in [-0.25, -0.2) is 0 Å². The van der Waals surface area contributed by atoms with Crippen LogP contribution in [0.4, 0.5) is 0 Å². The lowest BCUT2D eigenvalue weighted by Gasteiger charge is -2.49. The van der Waals surface area contributed by atoms with Gasteiger partial charge in [0.15, 0.2) is 0 Å². The van der Waals surface area contributed by atoms with Crippen molar-refractivity contribution < 1.29 is 0 Å². The summed E-state index contributed by atoms with van der Waals surface area (Å²) >= 11 is 0. The van der Waals surface area contributed by atoms with Gasteiger partial charge >= 0.3 is 0 Å². The minimum atomic E-state index is -0.117. The van der Waals surface area contributed by atoms with E-state index in [-0.39, 0.29) is 10.8 Å². The van der Waals surface area contributed by atoms with Crippen LogP contribution in [0.25, 0.3) is 82.1 Å². The fourth-order valence-electron chi connectivity index (χ4n) is 9.02. The van der Waals surface area contributed by atoms with Gasteiger partial charge in [-0.2, -0.15) is 0 Å². The van der Waals surface area contributed by atoms with Crippen molar-refractivity contribution >= 4 is 54.1 Å². The Morgan fingerprint density at radius 3 is 1.76 bits per heavy atom. The summed E-state index contributed by atoms with van der Waals surface area (Å²) in [4.78, 5) is 0. The minimum absolute atomic E-state index is 0.110. The number of nitrogens with zero attached hydrogens (tertiary/aromatic N) is 1. The lowest BCUT2D eigenvalue weighted by atomic mass is 9.54. The van der Waals surface area contributed by atoms with Crippen molar-refractivity contribution in [1.82, 2.24) is 4.57 Å². The van der Waals surface area contributed by atoms with Crippen molar-refractivity contribution in [3.05, 3.63) is 163 Å². The summed E-state index contributed by atoms with van der Waals surface area (Å²) in [7, 11) is 0. The van der Waals surface area contributed by atoms with Gasteiger partial charge in [-0.1, -0.05) is 155 Å². The van der Waals surface area contributed by atoms with Crippen LogP contribution in [0, 0.1) is 0 Å². The number of hydrogen-bond acceptors (Lipinski definition) is 0. The van der Waals surface area contributed by atoms with E-state index in [0.717, 1.165) is 0 Å². The molecule has 0 bridgehead atoms. The zero-order chi connectivity index (χ0) is 33.1. The highest BCUT2D eigenvalue weighted by Gasteiger charge is 2.47. The molecule has 1 aromatic heterocycles. The SMILES string of the molecule is CC1(C)c2cccc(-c3ccc(-n4c5ccccc5c5ccccc54)cc3)c2-c2ccc3ccc4c5ccccc5ccc4c3c2C1(C)C. The Bertz CT molecular complexity index is 2750. The van der Waals surface area contributed by atoms with Crippen LogP contribution in [0.3, 0.4) is 0 Å². The monoisotopic (exact) mass is 627 g/mol. The van der Waals surface area contributed by atoms with Crippen molar-refractivity contribution in [3.8, 4) is 27.9 Å². The Labute approximate surface area is 287 Å². The highest BCUT2D eigenvalue weighted by atomic mass is 15.0. The Morgan fingerprint density at radius 1 is 0.408 bits per heavy atom. The van der Waals surface area contributed by atoms with Crippen molar-refractivity contribution in [2.75, 3.05) is 0 Å². The van der Waals surface area contributed by atoms with E-state index >= 15 is 0 Å². The summed E-state index contributed by atoms with van der Waals surface area (Å²) in [5.41, 5.74) is 11.6. The van der Waals surface area contributed by atoms with Crippen LogP contribution in [0.15, 0.2) is 152 Å². The number of rotatable bonds is 2. The quantitative estimate of drug-likeness (QED) is 0.168. The third-order valence-corrected chi connectivity index (χ3v) is 12.1. The first kappa shape index (κ1) is 28.4. The fraction of sp³-hybridized carbons (Fsp3) is 0.125. The molecule has 0 amide bonds. The van der Waals surface area contributed by atoms with Gasteiger partial charge in [0.25, 0.3) is 0 Å². The van der Waals surface area contributed by atoms with E-state index in [1.165, 1.54) is 93.2 Å². The third-order valence-electron chi connectivity index (χ3n) is 12.1. The molecule has 0 saturated heterocycles. The summed E-state index contributed by atoms with van der Waals surface area (Å²) < 4.78 is 2.40. The van der Waals surface area contributed by atoms with Gasteiger partial charge in [-0.05, 0) is 95.4 Å². The van der Waals surface area contributed by atoms with E-state index < -0.39 is 0 Å². The lowest BCUT2D eigenvalue weighted by Crippen LogP contribution is -2.43. The molecule has 1 heterocycles. The van der Waals surface area contributed by atoms with Crippen molar-refractivity contribution in [2.24, 2.45) is 0 Å².